The highest BCUT2D eigenvalue weighted by atomic mass is 16.5. The number of fused-ring (bicyclic) bond motifs is 2. The number of aryl methyl sites for hydroxylation is 1. The number of rotatable bonds is 5. The summed E-state index contributed by atoms with van der Waals surface area (Å²) in [6.07, 6.45) is 4.79. The lowest BCUT2D eigenvalue weighted by Crippen LogP contribution is -2.12. The summed E-state index contributed by atoms with van der Waals surface area (Å²) in [4.78, 5) is 20.1. The van der Waals surface area contributed by atoms with Gasteiger partial charge >= 0.3 is 0 Å². The number of aromatic amines is 1. The quantitative estimate of drug-likeness (QED) is 0.567. The van der Waals surface area contributed by atoms with E-state index in [1.165, 1.54) is 5.39 Å². The van der Waals surface area contributed by atoms with E-state index in [1.54, 1.807) is 13.3 Å². The first-order valence-corrected chi connectivity index (χ1v) is 8.53. The van der Waals surface area contributed by atoms with Gasteiger partial charge in [0.15, 0.2) is 0 Å². The van der Waals surface area contributed by atoms with Gasteiger partial charge in [-0.1, -0.05) is 18.2 Å². The van der Waals surface area contributed by atoms with Crippen molar-refractivity contribution < 1.29 is 9.53 Å². The van der Waals surface area contributed by atoms with Gasteiger partial charge in [0.2, 0.25) is 5.91 Å². The number of nitrogens with zero attached hydrogens (tertiary/aromatic N) is 1. The van der Waals surface area contributed by atoms with Gasteiger partial charge in [-0.25, -0.2) is 0 Å². The maximum atomic E-state index is 12.5. The van der Waals surface area contributed by atoms with Crippen LogP contribution in [0, 0.1) is 0 Å². The first-order chi connectivity index (χ1) is 12.8. The molecular weight excluding hydrogens is 326 g/mol. The minimum atomic E-state index is -0.0226. The second-order valence-electron chi connectivity index (χ2n) is 6.12. The van der Waals surface area contributed by atoms with Crippen LogP contribution in [-0.4, -0.2) is 23.0 Å². The molecule has 0 radical (unpaired) electrons. The summed E-state index contributed by atoms with van der Waals surface area (Å²) in [5.41, 5.74) is 3.73. The van der Waals surface area contributed by atoms with Gasteiger partial charge in [0.25, 0.3) is 0 Å². The number of hydrogen-bond acceptors (Lipinski definition) is 3. The number of hydrogen-bond donors (Lipinski definition) is 2. The van der Waals surface area contributed by atoms with Crippen LogP contribution in [0.3, 0.4) is 0 Å². The van der Waals surface area contributed by atoms with Crippen LogP contribution in [-0.2, 0) is 11.2 Å². The molecule has 2 aromatic heterocycles. The number of ether oxygens (including phenoxy) is 1. The van der Waals surface area contributed by atoms with Gasteiger partial charge < -0.3 is 15.0 Å². The minimum Gasteiger partial charge on any atom is -0.494 e. The molecule has 0 bridgehead atoms. The number of carbonyl (C=O) groups is 1. The Morgan fingerprint density at radius 2 is 1.96 bits per heavy atom. The molecule has 1 amide bonds. The van der Waals surface area contributed by atoms with Gasteiger partial charge in [-0.05, 0) is 42.3 Å². The first kappa shape index (κ1) is 16.1. The van der Waals surface area contributed by atoms with Gasteiger partial charge in [0.1, 0.15) is 11.3 Å². The molecule has 5 nitrogen and oxygen atoms in total. The summed E-state index contributed by atoms with van der Waals surface area (Å²) in [7, 11) is 1.61. The summed E-state index contributed by atoms with van der Waals surface area (Å²) in [6.45, 7) is 0. The van der Waals surface area contributed by atoms with Crippen molar-refractivity contribution in [2.45, 2.75) is 12.8 Å². The Labute approximate surface area is 151 Å². The molecule has 0 aliphatic carbocycles. The Balaban J connectivity index is 1.51. The number of pyridine rings is 1. The number of aromatic nitrogens is 2. The van der Waals surface area contributed by atoms with Crippen molar-refractivity contribution >= 4 is 33.4 Å². The summed E-state index contributed by atoms with van der Waals surface area (Å²) < 4.78 is 5.35. The van der Waals surface area contributed by atoms with E-state index in [4.69, 9.17) is 4.74 Å². The molecular formula is C21H19N3O2. The number of amides is 1. The van der Waals surface area contributed by atoms with E-state index in [9.17, 15) is 4.79 Å². The fourth-order valence-corrected chi connectivity index (χ4v) is 3.22. The second kappa shape index (κ2) is 6.88. The van der Waals surface area contributed by atoms with E-state index < -0.39 is 0 Å². The van der Waals surface area contributed by atoms with E-state index in [0.717, 1.165) is 27.7 Å². The monoisotopic (exact) mass is 345 g/mol. The second-order valence-corrected chi connectivity index (χ2v) is 6.12. The highest BCUT2D eigenvalue weighted by Gasteiger charge is 2.11. The van der Waals surface area contributed by atoms with Gasteiger partial charge in [-0.3, -0.25) is 9.78 Å². The molecule has 4 rings (SSSR count). The van der Waals surface area contributed by atoms with Crippen molar-refractivity contribution in [1.29, 1.82) is 0 Å². The highest BCUT2D eigenvalue weighted by Crippen LogP contribution is 2.30. The number of benzene rings is 2. The lowest BCUT2D eigenvalue weighted by atomic mass is 10.1. The number of methoxy groups -OCH3 is 1. The van der Waals surface area contributed by atoms with Crippen LogP contribution in [0.5, 0.6) is 5.75 Å². The van der Waals surface area contributed by atoms with Crippen LogP contribution >= 0.6 is 0 Å². The smallest absolute Gasteiger partial charge is 0.224 e. The number of nitrogens with one attached hydrogen (secondary N) is 2. The summed E-state index contributed by atoms with van der Waals surface area (Å²) in [5.74, 6) is 0.669. The Hall–Kier alpha value is -3.34. The maximum absolute atomic E-state index is 12.5. The van der Waals surface area contributed by atoms with Crippen LogP contribution in [0.2, 0.25) is 0 Å². The molecule has 0 aliphatic rings. The average molecular weight is 345 g/mol. The molecule has 5 heteroatoms. The topological polar surface area (TPSA) is 67.0 Å². The van der Waals surface area contributed by atoms with Crippen LogP contribution in [0.15, 0.2) is 60.9 Å². The van der Waals surface area contributed by atoms with Gasteiger partial charge in [-0.15, -0.1) is 0 Å². The standard InChI is InChI=1S/C21H19N3O2/c1-26-19-10-9-18(16-6-4-12-22-21(16)19)24-20(25)11-8-14-13-23-17-7-3-2-5-15(14)17/h2-7,9-10,12-13,23H,8,11H2,1H3,(H,24,25). The van der Waals surface area contributed by atoms with Crippen molar-refractivity contribution in [2.75, 3.05) is 12.4 Å². The molecule has 0 atom stereocenters. The molecule has 2 N–H and O–H groups in total. The fourth-order valence-electron chi connectivity index (χ4n) is 3.22. The minimum absolute atomic E-state index is 0.0226. The largest absolute Gasteiger partial charge is 0.494 e. The van der Waals surface area contributed by atoms with Crippen molar-refractivity contribution in [1.82, 2.24) is 9.97 Å². The maximum Gasteiger partial charge on any atom is 0.224 e. The zero-order valence-electron chi connectivity index (χ0n) is 14.5. The fraction of sp³-hybridized carbons (Fsp3) is 0.143. The molecule has 4 aromatic rings. The SMILES string of the molecule is COc1ccc(NC(=O)CCc2c[nH]c3ccccc23)c2cccnc12. The van der Waals surface area contributed by atoms with Gasteiger partial charge in [-0.2, -0.15) is 0 Å². The van der Waals surface area contributed by atoms with Crippen molar-refractivity contribution in [3.63, 3.8) is 0 Å². The molecule has 0 saturated carbocycles. The average Bonchev–Trinajstić information content (AvgIpc) is 3.10. The Morgan fingerprint density at radius 3 is 2.85 bits per heavy atom. The summed E-state index contributed by atoms with van der Waals surface area (Å²) in [6, 6.07) is 15.6. The van der Waals surface area contributed by atoms with Crippen molar-refractivity contribution in [3.8, 4) is 5.75 Å². The van der Waals surface area contributed by atoms with E-state index >= 15 is 0 Å². The Morgan fingerprint density at radius 1 is 1.12 bits per heavy atom. The van der Waals surface area contributed by atoms with Gasteiger partial charge in [0.05, 0.1) is 12.8 Å². The normalized spacial score (nSPS) is 11.0. The lowest BCUT2D eigenvalue weighted by molar-refractivity contribution is -0.116. The molecule has 0 fully saturated rings. The Kier molecular flexibility index (Phi) is 4.27. The van der Waals surface area contributed by atoms with Crippen LogP contribution < -0.4 is 10.1 Å². The third-order valence-electron chi connectivity index (χ3n) is 4.52. The lowest BCUT2D eigenvalue weighted by Gasteiger charge is -2.11. The number of para-hydroxylation sites is 1. The molecule has 0 aliphatic heterocycles. The predicted octanol–water partition coefficient (Wildman–Crippen LogP) is 4.30. The van der Waals surface area contributed by atoms with Crippen molar-refractivity contribution in [3.05, 3.63) is 66.5 Å². The molecule has 26 heavy (non-hydrogen) atoms. The van der Waals surface area contributed by atoms with Crippen LogP contribution in [0.1, 0.15) is 12.0 Å². The molecule has 130 valence electrons. The van der Waals surface area contributed by atoms with E-state index in [1.807, 2.05) is 48.7 Å². The number of carbonyl (C=O) groups excluding carboxylic acids is 1. The molecule has 0 unspecified atom stereocenters. The number of anilines is 1. The van der Waals surface area contributed by atoms with Crippen molar-refractivity contribution in [2.24, 2.45) is 0 Å². The summed E-state index contributed by atoms with van der Waals surface area (Å²) >= 11 is 0. The molecule has 2 heterocycles. The summed E-state index contributed by atoms with van der Waals surface area (Å²) in [5, 5.41) is 5.04. The van der Waals surface area contributed by atoms with E-state index in [0.29, 0.717) is 18.6 Å². The van der Waals surface area contributed by atoms with E-state index in [2.05, 4.69) is 21.4 Å². The Bertz CT molecular complexity index is 1080. The zero-order valence-corrected chi connectivity index (χ0v) is 14.5. The molecule has 2 aromatic carbocycles. The zero-order chi connectivity index (χ0) is 17.9. The van der Waals surface area contributed by atoms with Gasteiger partial charge in [0, 0.05) is 35.1 Å². The highest BCUT2D eigenvalue weighted by molar-refractivity contribution is 6.02. The third-order valence-corrected chi connectivity index (χ3v) is 4.52. The molecule has 0 spiro atoms. The van der Waals surface area contributed by atoms with E-state index in [-0.39, 0.29) is 5.91 Å². The third kappa shape index (κ3) is 2.99. The molecule has 0 saturated heterocycles. The van der Waals surface area contributed by atoms with Crippen LogP contribution in [0.4, 0.5) is 5.69 Å². The van der Waals surface area contributed by atoms with Crippen LogP contribution in [0.25, 0.3) is 21.8 Å². The first-order valence-electron chi connectivity index (χ1n) is 8.53. The number of H-pyrrole nitrogens is 1. The predicted molar refractivity (Wildman–Crippen MR) is 104 cm³/mol.